The zero-order valence-electron chi connectivity index (χ0n) is 5.68. The molecule has 0 atom stereocenters. The fraction of sp³-hybridized carbons (Fsp3) is 1.00. The van der Waals surface area contributed by atoms with Crippen LogP contribution in [-0.4, -0.2) is 30.4 Å². The van der Waals surface area contributed by atoms with Crippen molar-refractivity contribution in [2.75, 3.05) is 12.9 Å². The Morgan fingerprint density at radius 2 is 1.82 bits per heavy atom. The molecule has 0 aromatic heterocycles. The summed E-state index contributed by atoms with van der Waals surface area (Å²) in [6, 6.07) is -1.23. The molecule has 0 aliphatic carbocycles. The normalized spacial score (nSPS) is 13.5. The largest absolute Gasteiger partial charge is 0.617 e. The highest BCUT2D eigenvalue weighted by molar-refractivity contribution is 7.86. The monoisotopic (exact) mass is 208 g/mol. The Morgan fingerprint density at radius 3 is 2.09 bits per heavy atom. The van der Waals surface area contributed by atoms with Gasteiger partial charge in [-0.25, -0.2) is 12.3 Å². The van der Waals surface area contributed by atoms with E-state index in [1.807, 2.05) is 0 Å². The molecule has 0 saturated carbocycles. The first-order chi connectivity index (χ1) is 4.77. The quantitative estimate of drug-likeness (QED) is 0.390. The van der Waals surface area contributed by atoms with E-state index in [0.717, 1.165) is 7.11 Å². The number of halogens is 3. The van der Waals surface area contributed by atoms with Gasteiger partial charge in [0.1, 0.15) is 0 Å². The molecule has 0 N–H and O–H groups in total. The van der Waals surface area contributed by atoms with Crippen LogP contribution < -0.4 is 0 Å². The first-order valence-corrected chi connectivity index (χ1v) is 6.04. The lowest BCUT2D eigenvalue weighted by Gasteiger charge is -2.01. The van der Waals surface area contributed by atoms with E-state index in [9.17, 15) is 20.7 Å². The summed E-state index contributed by atoms with van der Waals surface area (Å²) in [6.07, 6.45) is 0. The minimum Gasteiger partial charge on any atom is -0.273 e. The third kappa shape index (κ3) is 6.32. The van der Waals surface area contributed by atoms with Crippen LogP contribution in [0.3, 0.4) is 0 Å². The van der Waals surface area contributed by atoms with E-state index >= 15 is 0 Å². The molecule has 0 aromatic carbocycles. The van der Waals surface area contributed by atoms with Gasteiger partial charge in [-0.3, -0.25) is 4.18 Å². The van der Waals surface area contributed by atoms with Crippen molar-refractivity contribution in [3.63, 3.8) is 0 Å². The van der Waals surface area contributed by atoms with Crippen molar-refractivity contribution in [2.24, 2.45) is 0 Å². The van der Waals surface area contributed by atoms with Gasteiger partial charge in [0.05, 0.1) is 12.9 Å². The molecule has 0 amide bonds. The van der Waals surface area contributed by atoms with Crippen molar-refractivity contribution in [1.29, 1.82) is 0 Å². The average Bonchev–Trinajstić information content (AvgIpc) is 1.83. The Hall–Kier alpha value is -0.0831. The molecule has 0 rings (SSSR count). The maximum Gasteiger partial charge on any atom is 0.617 e. The smallest absolute Gasteiger partial charge is 0.273 e. The van der Waals surface area contributed by atoms with Crippen LogP contribution >= 0.6 is 0 Å². The van der Waals surface area contributed by atoms with E-state index in [2.05, 4.69) is 4.18 Å². The molecule has 0 unspecified atom stereocenters. The Labute approximate surface area is 63.8 Å². The van der Waals surface area contributed by atoms with Crippen molar-refractivity contribution in [1.82, 2.24) is 0 Å². The Balaban J connectivity index is 3.91. The predicted molar refractivity (Wildman–Crippen MR) is 34.7 cm³/mol. The third-order valence-electron chi connectivity index (χ3n) is 0.889. The van der Waals surface area contributed by atoms with Crippen LogP contribution in [0.1, 0.15) is 0 Å². The molecule has 11 heavy (non-hydrogen) atoms. The minimum absolute atomic E-state index is 0.841. The molecular formula is C3H7F3O3SSi. The van der Waals surface area contributed by atoms with Gasteiger partial charge in [-0.05, 0) is 0 Å². The predicted octanol–water partition coefficient (Wildman–Crippen LogP) is 0.810. The van der Waals surface area contributed by atoms with Gasteiger partial charge in [-0.15, -0.1) is 0 Å². The summed E-state index contributed by atoms with van der Waals surface area (Å²) in [5.41, 5.74) is 0. The van der Waals surface area contributed by atoms with Gasteiger partial charge in [-0.1, -0.05) is 0 Å². The fourth-order valence-electron chi connectivity index (χ4n) is 0.324. The fourth-order valence-corrected chi connectivity index (χ4v) is 2.42. The average molecular weight is 208 g/mol. The van der Waals surface area contributed by atoms with Crippen molar-refractivity contribution in [3.8, 4) is 0 Å². The summed E-state index contributed by atoms with van der Waals surface area (Å²) in [7, 11) is -8.84. The second kappa shape index (κ2) is 3.54. The van der Waals surface area contributed by atoms with Gasteiger partial charge in [0.15, 0.2) is 0 Å². The summed E-state index contributed by atoms with van der Waals surface area (Å²) in [6.45, 7) is 0. The Bertz CT molecular complexity index is 208. The number of hydrogen-bond acceptors (Lipinski definition) is 3. The molecule has 0 radical (unpaired) electrons. The topological polar surface area (TPSA) is 43.4 Å². The molecule has 0 aliphatic heterocycles. The van der Waals surface area contributed by atoms with Crippen LogP contribution in [0.5, 0.6) is 0 Å². The van der Waals surface area contributed by atoms with Crippen molar-refractivity contribution in [3.05, 3.63) is 0 Å². The van der Waals surface area contributed by atoms with Gasteiger partial charge >= 0.3 is 9.08 Å². The highest BCUT2D eigenvalue weighted by atomic mass is 32.2. The zero-order valence-corrected chi connectivity index (χ0v) is 7.50. The molecule has 0 spiro atoms. The van der Waals surface area contributed by atoms with Gasteiger partial charge < -0.3 is 0 Å². The molecule has 0 aliphatic rings. The van der Waals surface area contributed by atoms with E-state index < -0.39 is 31.0 Å². The second-order valence-electron chi connectivity index (χ2n) is 1.79. The molecule has 8 heteroatoms. The summed E-state index contributed by atoms with van der Waals surface area (Å²) in [4.78, 5) is 0. The van der Waals surface area contributed by atoms with Gasteiger partial charge in [-0.2, -0.15) is 8.42 Å². The lowest BCUT2D eigenvalue weighted by Crippen LogP contribution is -2.20. The lowest BCUT2D eigenvalue weighted by molar-refractivity contribution is 0.395. The lowest BCUT2D eigenvalue weighted by atomic mass is 11.0. The molecule has 0 aromatic rings. The molecule has 0 heterocycles. The second-order valence-corrected chi connectivity index (χ2v) is 5.38. The minimum atomic E-state index is -5.74. The molecule has 0 fully saturated rings. The van der Waals surface area contributed by atoms with Crippen LogP contribution in [0.15, 0.2) is 0 Å². The first-order valence-electron chi connectivity index (χ1n) is 2.62. The molecule has 68 valence electrons. The molecule has 3 nitrogen and oxygen atoms in total. The van der Waals surface area contributed by atoms with E-state index in [1.165, 1.54) is 0 Å². The van der Waals surface area contributed by atoms with Crippen LogP contribution in [0, 0.1) is 0 Å². The van der Waals surface area contributed by atoms with E-state index in [-0.39, 0.29) is 0 Å². The Kier molecular flexibility index (Phi) is 3.52. The summed E-state index contributed by atoms with van der Waals surface area (Å²) in [5, 5.41) is 0. The van der Waals surface area contributed by atoms with Crippen LogP contribution in [-0.2, 0) is 14.3 Å². The van der Waals surface area contributed by atoms with Gasteiger partial charge in [0, 0.05) is 6.04 Å². The third-order valence-corrected chi connectivity index (χ3v) is 3.28. The van der Waals surface area contributed by atoms with Gasteiger partial charge in [0.25, 0.3) is 10.1 Å². The van der Waals surface area contributed by atoms with Gasteiger partial charge in [0.2, 0.25) is 0 Å². The van der Waals surface area contributed by atoms with Crippen LogP contribution in [0.25, 0.3) is 0 Å². The van der Waals surface area contributed by atoms with E-state index in [4.69, 9.17) is 0 Å². The van der Waals surface area contributed by atoms with E-state index in [1.54, 1.807) is 0 Å². The number of hydrogen-bond donors (Lipinski definition) is 0. The molecule has 0 saturated heterocycles. The summed E-state index contributed by atoms with van der Waals surface area (Å²) in [5.74, 6) is -0.959. The first kappa shape index (κ1) is 10.9. The van der Waals surface area contributed by atoms with Crippen LogP contribution in [0.2, 0.25) is 6.04 Å². The standard InChI is InChI=1S/C3H7F3O3SSi/c1-9-10(7,8)2-3-11(4,5)6/h2-3H2,1H3. The molecule has 0 bridgehead atoms. The highest BCUT2D eigenvalue weighted by Crippen LogP contribution is 2.15. The zero-order chi connectivity index (χ0) is 9.12. The van der Waals surface area contributed by atoms with Crippen molar-refractivity contribution >= 4 is 19.2 Å². The SMILES string of the molecule is COS(=O)(=O)CC[Si](F)(F)F. The molecular weight excluding hydrogens is 201 g/mol. The van der Waals surface area contributed by atoms with E-state index in [0.29, 0.717) is 0 Å². The maximum absolute atomic E-state index is 11.5. The van der Waals surface area contributed by atoms with Crippen LogP contribution in [0.4, 0.5) is 12.3 Å². The number of rotatable bonds is 4. The van der Waals surface area contributed by atoms with Crippen molar-refractivity contribution < 1.29 is 24.9 Å². The summed E-state index contributed by atoms with van der Waals surface area (Å²) < 4.78 is 59.1. The summed E-state index contributed by atoms with van der Waals surface area (Å²) >= 11 is 0. The van der Waals surface area contributed by atoms with Crippen molar-refractivity contribution in [2.45, 2.75) is 6.04 Å². The maximum atomic E-state index is 11.5. The highest BCUT2D eigenvalue weighted by Gasteiger charge is 2.37. The Morgan fingerprint density at radius 1 is 1.36 bits per heavy atom.